The van der Waals surface area contributed by atoms with Gasteiger partial charge in [0.15, 0.2) is 6.29 Å². The molecule has 0 aliphatic carbocycles. The third-order valence-corrected chi connectivity index (χ3v) is 5.93. The molecule has 0 aromatic carbocycles. The molecule has 0 spiro atoms. The number of carbonyl (C=O) groups excluding carboxylic acids is 4. The molecule has 11 heteroatoms. The summed E-state index contributed by atoms with van der Waals surface area (Å²) >= 11 is 1.33. The molecule has 3 atom stereocenters. The van der Waals surface area contributed by atoms with Crippen molar-refractivity contribution in [3.8, 4) is 0 Å². The van der Waals surface area contributed by atoms with Gasteiger partial charge in [0, 0.05) is 31.6 Å². The molecule has 0 radical (unpaired) electrons. The zero-order chi connectivity index (χ0) is 25.0. The third-order valence-electron chi connectivity index (χ3n) is 4.71. The van der Waals surface area contributed by atoms with Gasteiger partial charge in [0.2, 0.25) is 17.7 Å². The Kier molecular flexibility index (Phi) is 12.9. The van der Waals surface area contributed by atoms with E-state index in [0.717, 1.165) is 0 Å². The van der Waals surface area contributed by atoms with Crippen LogP contribution in [0.5, 0.6) is 0 Å². The average molecular weight is 491 g/mol. The summed E-state index contributed by atoms with van der Waals surface area (Å²) in [6.45, 7) is 9.55. The molecule has 0 aromatic heterocycles. The molecule has 3 amide bonds. The highest BCUT2D eigenvalue weighted by Crippen LogP contribution is 2.24. The number of imide groups is 1. The number of hydrogen-bond donors (Lipinski definition) is 3. The number of esters is 1. The number of aliphatic hydroxyl groups is 1. The SMILES string of the molecule is CC(C)OC(COC(=O)CCCC(=O)NCCSC1CC(=O)NC1=O)OC(CO)C(C)(C)C. The first-order valence-electron chi connectivity index (χ1n) is 11.2. The van der Waals surface area contributed by atoms with Gasteiger partial charge in [-0.25, -0.2) is 0 Å². The number of hydrogen-bond acceptors (Lipinski definition) is 9. The highest BCUT2D eigenvalue weighted by Gasteiger charge is 2.31. The summed E-state index contributed by atoms with van der Waals surface area (Å²) in [6, 6.07) is 0. The molecule has 1 rings (SSSR count). The van der Waals surface area contributed by atoms with Crippen LogP contribution in [0.3, 0.4) is 0 Å². The van der Waals surface area contributed by atoms with E-state index in [2.05, 4.69) is 10.6 Å². The Morgan fingerprint density at radius 3 is 2.45 bits per heavy atom. The minimum absolute atomic E-state index is 0.0730. The lowest BCUT2D eigenvalue weighted by atomic mass is 9.89. The van der Waals surface area contributed by atoms with E-state index in [1.165, 1.54) is 11.8 Å². The first-order chi connectivity index (χ1) is 15.4. The van der Waals surface area contributed by atoms with Crippen molar-refractivity contribution in [3.05, 3.63) is 0 Å². The molecule has 33 heavy (non-hydrogen) atoms. The molecule has 0 bridgehead atoms. The first kappa shape index (κ1) is 29.3. The fourth-order valence-corrected chi connectivity index (χ4v) is 3.87. The molecule has 3 unspecified atom stereocenters. The lowest BCUT2D eigenvalue weighted by molar-refractivity contribution is -0.232. The van der Waals surface area contributed by atoms with Crippen LogP contribution < -0.4 is 10.6 Å². The van der Waals surface area contributed by atoms with E-state index in [9.17, 15) is 24.3 Å². The maximum atomic E-state index is 12.0. The van der Waals surface area contributed by atoms with Gasteiger partial charge in [-0.1, -0.05) is 20.8 Å². The Balaban J connectivity index is 2.24. The summed E-state index contributed by atoms with van der Waals surface area (Å²) in [5, 5.41) is 14.2. The van der Waals surface area contributed by atoms with Crippen LogP contribution in [0.1, 0.15) is 60.3 Å². The van der Waals surface area contributed by atoms with E-state index in [1.54, 1.807) is 0 Å². The topological polar surface area (TPSA) is 140 Å². The minimum atomic E-state index is -0.802. The summed E-state index contributed by atoms with van der Waals surface area (Å²) < 4.78 is 16.7. The molecule has 1 saturated heterocycles. The van der Waals surface area contributed by atoms with Crippen LogP contribution in [-0.4, -0.2) is 78.1 Å². The number of carbonyl (C=O) groups is 4. The number of rotatable bonds is 15. The monoisotopic (exact) mass is 490 g/mol. The average Bonchev–Trinajstić information content (AvgIpc) is 3.02. The minimum Gasteiger partial charge on any atom is -0.460 e. The molecule has 1 aliphatic heterocycles. The highest BCUT2D eigenvalue weighted by molar-refractivity contribution is 8.00. The van der Waals surface area contributed by atoms with Gasteiger partial charge < -0.3 is 24.6 Å². The van der Waals surface area contributed by atoms with Crippen molar-refractivity contribution >= 4 is 35.5 Å². The Morgan fingerprint density at radius 2 is 1.91 bits per heavy atom. The second-order valence-corrected chi connectivity index (χ2v) is 10.5. The maximum Gasteiger partial charge on any atom is 0.305 e. The van der Waals surface area contributed by atoms with Crippen molar-refractivity contribution in [2.45, 2.75) is 84.0 Å². The number of amides is 3. The smallest absolute Gasteiger partial charge is 0.305 e. The summed E-state index contributed by atoms with van der Waals surface area (Å²) in [7, 11) is 0. The van der Waals surface area contributed by atoms with Crippen LogP contribution in [-0.2, 0) is 33.4 Å². The second-order valence-electron chi connectivity index (χ2n) is 9.15. The fraction of sp³-hybridized carbons (Fsp3) is 0.818. The molecule has 0 saturated carbocycles. The van der Waals surface area contributed by atoms with Gasteiger partial charge in [-0.2, -0.15) is 0 Å². The molecule has 1 aliphatic rings. The summed E-state index contributed by atoms with van der Waals surface area (Å²) in [5.41, 5.74) is -0.315. The van der Waals surface area contributed by atoms with Crippen LogP contribution in [0.4, 0.5) is 0 Å². The van der Waals surface area contributed by atoms with E-state index in [-0.39, 0.29) is 61.7 Å². The van der Waals surface area contributed by atoms with Gasteiger partial charge in [-0.05, 0) is 25.7 Å². The zero-order valence-electron chi connectivity index (χ0n) is 20.2. The summed E-state index contributed by atoms with van der Waals surface area (Å²) in [5.74, 6) is -0.709. The van der Waals surface area contributed by atoms with Crippen LogP contribution in [0.2, 0.25) is 0 Å². The van der Waals surface area contributed by atoms with Crippen LogP contribution in [0.15, 0.2) is 0 Å². The predicted octanol–water partition coefficient (Wildman–Crippen LogP) is 1.14. The van der Waals surface area contributed by atoms with Gasteiger partial charge in [0.1, 0.15) is 6.61 Å². The van der Waals surface area contributed by atoms with Crippen LogP contribution in [0.25, 0.3) is 0 Å². The van der Waals surface area contributed by atoms with Gasteiger partial charge >= 0.3 is 5.97 Å². The molecule has 1 fully saturated rings. The van der Waals surface area contributed by atoms with Gasteiger partial charge in [0.05, 0.1) is 24.1 Å². The van der Waals surface area contributed by atoms with E-state index >= 15 is 0 Å². The molecular weight excluding hydrogens is 452 g/mol. The number of aliphatic hydroxyl groups excluding tert-OH is 1. The Labute approximate surface area is 199 Å². The molecule has 0 aromatic rings. The fourth-order valence-electron chi connectivity index (χ4n) is 2.89. The van der Waals surface area contributed by atoms with Crippen molar-refractivity contribution < 1.29 is 38.5 Å². The summed E-state index contributed by atoms with van der Waals surface area (Å²) in [4.78, 5) is 46.6. The van der Waals surface area contributed by atoms with Crippen molar-refractivity contribution in [1.29, 1.82) is 0 Å². The largest absolute Gasteiger partial charge is 0.460 e. The molecule has 190 valence electrons. The highest BCUT2D eigenvalue weighted by atomic mass is 32.2. The molecular formula is C22H38N2O8S. The third kappa shape index (κ3) is 12.4. The van der Waals surface area contributed by atoms with Crippen molar-refractivity contribution in [1.82, 2.24) is 10.6 Å². The van der Waals surface area contributed by atoms with E-state index in [4.69, 9.17) is 14.2 Å². The Hall–Kier alpha value is -1.69. The van der Waals surface area contributed by atoms with Gasteiger partial charge in [-0.15, -0.1) is 11.8 Å². The first-order valence-corrected chi connectivity index (χ1v) is 12.3. The second kappa shape index (κ2) is 14.5. The molecule has 3 N–H and O–H groups in total. The molecule has 1 heterocycles. The summed E-state index contributed by atoms with van der Waals surface area (Å²) in [6.07, 6.45) is -0.697. The predicted molar refractivity (Wildman–Crippen MR) is 123 cm³/mol. The quantitative estimate of drug-likeness (QED) is 0.133. The standard InChI is InChI=1S/C22H38N2O8S/c1-14(2)31-20(32-16(12-25)22(3,4)5)13-30-19(28)8-6-7-17(26)23-9-10-33-15-11-18(27)24-21(15)29/h14-16,20,25H,6-13H2,1-5H3,(H,23,26)(H,24,27,29). The number of thioether (sulfide) groups is 1. The lowest BCUT2D eigenvalue weighted by Crippen LogP contribution is -2.40. The van der Waals surface area contributed by atoms with Crippen molar-refractivity contribution in [3.63, 3.8) is 0 Å². The maximum absolute atomic E-state index is 12.0. The van der Waals surface area contributed by atoms with Gasteiger partial charge in [0.25, 0.3) is 0 Å². The van der Waals surface area contributed by atoms with Crippen LogP contribution >= 0.6 is 11.8 Å². The molecule has 10 nitrogen and oxygen atoms in total. The number of nitrogens with one attached hydrogen (secondary N) is 2. The van der Waals surface area contributed by atoms with Gasteiger partial charge in [-0.3, -0.25) is 24.5 Å². The van der Waals surface area contributed by atoms with E-state index in [1.807, 2.05) is 34.6 Å². The van der Waals surface area contributed by atoms with Crippen molar-refractivity contribution in [2.75, 3.05) is 25.5 Å². The van der Waals surface area contributed by atoms with E-state index < -0.39 is 23.6 Å². The van der Waals surface area contributed by atoms with Crippen molar-refractivity contribution in [2.24, 2.45) is 5.41 Å². The normalized spacial score (nSPS) is 18.2. The van der Waals surface area contributed by atoms with E-state index in [0.29, 0.717) is 18.7 Å². The lowest BCUT2D eigenvalue weighted by Gasteiger charge is -2.33. The Bertz CT molecular complexity index is 665. The van der Waals surface area contributed by atoms with Crippen LogP contribution in [0, 0.1) is 5.41 Å². The number of ether oxygens (including phenoxy) is 3. The zero-order valence-corrected chi connectivity index (χ0v) is 21.0. The Morgan fingerprint density at radius 1 is 1.21 bits per heavy atom.